The first kappa shape index (κ1) is 18.7. The van der Waals surface area contributed by atoms with Gasteiger partial charge >= 0.3 is 0 Å². The van der Waals surface area contributed by atoms with Crippen molar-refractivity contribution in [2.75, 3.05) is 11.5 Å². The molecular weight excluding hydrogens is 410 g/mol. The van der Waals surface area contributed by atoms with Crippen molar-refractivity contribution in [3.63, 3.8) is 0 Å². The maximum absolute atomic E-state index is 12.9. The number of hydrogen-bond acceptors (Lipinski definition) is 9. The van der Waals surface area contributed by atoms with Gasteiger partial charge in [0.1, 0.15) is 12.1 Å². The number of rotatable bonds is 3. The number of hydrogen-bond donors (Lipinski definition) is 3. The van der Waals surface area contributed by atoms with Crippen LogP contribution < -0.4 is 11.5 Å². The van der Waals surface area contributed by atoms with Gasteiger partial charge < -0.3 is 16.4 Å². The molecule has 32 heavy (non-hydrogen) atoms. The summed E-state index contributed by atoms with van der Waals surface area (Å²) in [6.07, 6.45) is 9.97. The largest absolute Gasteiger partial charge is 0.384 e. The molecule has 5 N–H and O–H groups in total. The van der Waals surface area contributed by atoms with Crippen molar-refractivity contribution >= 4 is 23.3 Å². The van der Waals surface area contributed by atoms with E-state index in [9.17, 15) is 4.79 Å². The second-order valence-electron chi connectivity index (χ2n) is 8.33. The van der Waals surface area contributed by atoms with Crippen molar-refractivity contribution in [2.24, 2.45) is 0 Å². The summed E-state index contributed by atoms with van der Waals surface area (Å²) in [5.41, 5.74) is 15.1. The molecule has 4 aromatic rings. The van der Waals surface area contributed by atoms with Crippen LogP contribution in [0.5, 0.6) is 0 Å². The molecule has 162 valence electrons. The van der Waals surface area contributed by atoms with Crippen molar-refractivity contribution in [3.8, 4) is 11.1 Å². The molecule has 0 aliphatic carbocycles. The van der Waals surface area contributed by atoms with Gasteiger partial charge in [0.05, 0.1) is 6.20 Å². The fraction of sp³-hybridized carbons (Fsp3) is 0.350. The van der Waals surface area contributed by atoms with E-state index in [0.717, 1.165) is 42.5 Å². The number of carbonyl (C=O) groups excluding carboxylic acids is 1. The van der Waals surface area contributed by atoms with Gasteiger partial charge in [0, 0.05) is 53.3 Å². The summed E-state index contributed by atoms with van der Waals surface area (Å²) in [5.74, 6) is 1.13. The molecule has 0 spiro atoms. The smallest absolute Gasteiger partial charge is 0.291 e. The molecule has 0 saturated carbocycles. The number of aromatic amines is 1. The first-order valence-corrected chi connectivity index (χ1v) is 10.5. The summed E-state index contributed by atoms with van der Waals surface area (Å²) in [4.78, 5) is 32.0. The Balaban J connectivity index is 1.33. The van der Waals surface area contributed by atoms with E-state index < -0.39 is 0 Å². The van der Waals surface area contributed by atoms with Crippen LogP contribution in [0, 0.1) is 0 Å². The SMILES string of the molecule is Nc1ncc(-c2cnn3c(N)cc(C4C[C@H]5CC[C@@H](C4)N5C(=O)c4ncn[nH]4)nc23)cn1. The highest BCUT2D eigenvalue weighted by molar-refractivity contribution is 5.91. The number of carbonyl (C=O) groups is 1. The number of fused-ring (bicyclic) bond motifs is 3. The van der Waals surface area contributed by atoms with Crippen LogP contribution in [-0.4, -0.2) is 62.6 Å². The zero-order valence-corrected chi connectivity index (χ0v) is 17.1. The molecular formula is C20H21N11O. The lowest BCUT2D eigenvalue weighted by Crippen LogP contribution is -2.46. The Morgan fingerprint density at radius 1 is 1.06 bits per heavy atom. The molecule has 2 aliphatic heterocycles. The van der Waals surface area contributed by atoms with E-state index in [2.05, 4.69) is 30.2 Å². The highest BCUT2D eigenvalue weighted by Crippen LogP contribution is 2.43. The second-order valence-corrected chi connectivity index (χ2v) is 8.33. The van der Waals surface area contributed by atoms with E-state index in [-0.39, 0.29) is 29.9 Å². The van der Waals surface area contributed by atoms with E-state index in [0.29, 0.717) is 17.3 Å². The van der Waals surface area contributed by atoms with Crippen LogP contribution in [0.25, 0.3) is 16.8 Å². The second kappa shape index (κ2) is 6.97. The third kappa shape index (κ3) is 2.87. The van der Waals surface area contributed by atoms with Gasteiger partial charge in [-0.25, -0.2) is 19.9 Å². The third-order valence-electron chi connectivity index (χ3n) is 6.51. The Hall–Kier alpha value is -4.09. The van der Waals surface area contributed by atoms with Crippen LogP contribution >= 0.6 is 0 Å². The standard InChI is InChI=1S/C20H21N11O/c21-16-5-15(28-18-14(8-27-31(16)18)11-6-23-20(22)24-7-11)10-3-12-1-2-13(4-10)30(12)19(32)17-25-9-26-29-17/h5-10,12-13H,1-4,21H2,(H2,22,23,24)(H,25,26,29)/t10?,12-,13+. The zero-order valence-electron chi connectivity index (χ0n) is 17.1. The number of piperidine rings is 1. The highest BCUT2D eigenvalue weighted by atomic mass is 16.2. The van der Waals surface area contributed by atoms with Crippen molar-refractivity contribution in [3.05, 3.63) is 42.5 Å². The Bertz CT molecular complexity index is 1280. The molecule has 4 aromatic heterocycles. The van der Waals surface area contributed by atoms with Crippen LogP contribution in [0.2, 0.25) is 0 Å². The van der Waals surface area contributed by atoms with Crippen LogP contribution in [0.1, 0.15) is 47.9 Å². The number of nitrogen functional groups attached to an aromatic ring is 2. The van der Waals surface area contributed by atoms with E-state index >= 15 is 0 Å². The molecule has 0 radical (unpaired) electrons. The quantitative estimate of drug-likeness (QED) is 0.428. The molecule has 6 heterocycles. The molecule has 1 unspecified atom stereocenters. The number of nitrogens with zero attached hydrogens (tertiary/aromatic N) is 8. The first-order valence-electron chi connectivity index (χ1n) is 10.5. The first-order chi connectivity index (χ1) is 15.6. The van der Waals surface area contributed by atoms with Gasteiger partial charge in [-0.15, -0.1) is 0 Å². The summed E-state index contributed by atoms with van der Waals surface area (Å²) in [6.45, 7) is 0. The number of nitrogens with two attached hydrogens (primary N) is 2. The molecule has 2 fully saturated rings. The molecule has 2 saturated heterocycles. The molecule has 12 nitrogen and oxygen atoms in total. The Morgan fingerprint density at radius 3 is 2.50 bits per heavy atom. The zero-order chi connectivity index (χ0) is 21.8. The fourth-order valence-electron chi connectivity index (χ4n) is 5.08. The molecule has 6 rings (SSSR count). The molecule has 12 heteroatoms. The number of nitrogens with one attached hydrogen (secondary N) is 1. The van der Waals surface area contributed by atoms with Crippen molar-refractivity contribution < 1.29 is 4.79 Å². The fourth-order valence-corrected chi connectivity index (χ4v) is 5.08. The van der Waals surface area contributed by atoms with Crippen LogP contribution in [0.3, 0.4) is 0 Å². The van der Waals surface area contributed by atoms with Gasteiger partial charge in [-0.2, -0.15) is 14.7 Å². The van der Waals surface area contributed by atoms with Gasteiger partial charge in [0.25, 0.3) is 5.91 Å². The summed E-state index contributed by atoms with van der Waals surface area (Å²) < 4.78 is 1.62. The summed E-state index contributed by atoms with van der Waals surface area (Å²) in [6, 6.07) is 2.18. The molecule has 2 bridgehead atoms. The maximum Gasteiger partial charge on any atom is 0.291 e. The van der Waals surface area contributed by atoms with Crippen LogP contribution in [0.4, 0.5) is 11.8 Å². The normalized spacial score (nSPS) is 22.5. The predicted octanol–water partition coefficient (Wildman–Crippen LogP) is 1.02. The van der Waals surface area contributed by atoms with Crippen molar-refractivity contribution in [1.82, 2.24) is 44.6 Å². The lowest BCUT2D eigenvalue weighted by atomic mass is 9.87. The van der Waals surface area contributed by atoms with Gasteiger partial charge in [-0.1, -0.05) is 0 Å². The summed E-state index contributed by atoms with van der Waals surface area (Å²) in [5, 5.41) is 10.9. The Labute approximate surface area is 182 Å². The van der Waals surface area contributed by atoms with Gasteiger partial charge in [0.15, 0.2) is 5.65 Å². The number of amides is 1. The molecule has 0 aromatic carbocycles. The van der Waals surface area contributed by atoms with Gasteiger partial charge in [-0.05, 0) is 25.7 Å². The molecule has 3 atom stereocenters. The summed E-state index contributed by atoms with van der Waals surface area (Å²) in [7, 11) is 0. The lowest BCUT2D eigenvalue weighted by molar-refractivity contribution is 0.0557. The van der Waals surface area contributed by atoms with E-state index in [1.807, 2.05) is 11.0 Å². The average Bonchev–Trinajstić information content (AvgIpc) is 3.52. The Morgan fingerprint density at radius 2 is 1.81 bits per heavy atom. The third-order valence-corrected chi connectivity index (χ3v) is 6.51. The Kier molecular flexibility index (Phi) is 4.06. The van der Waals surface area contributed by atoms with Crippen molar-refractivity contribution in [1.29, 1.82) is 0 Å². The minimum Gasteiger partial charge on any atom is -0.384 e. The molecule has 2 aliphatic rings. The topological polar surface area (TPSA) is 170 Å². The lowest BCUT2D eigenvalue weighted by Gasteiger charge is -2.38. The van der Waals surface area contributed by atoms with E-state index in [1.54, 1.807) is 23.1 Å². The van der Waals surface area contributed by atoms with E-state index in [1.165, 1.54) is 6.33 Å². The predicted molar refractivity (Wildman–Crippen MR) is 114 cm³/mol. The van der Waals surface area contributed by atoms with Crippen LogP contribution in [-0.2, 0) is 0 Å². The van der Waals surface area contributed by atoms with Gasteiger partial charge in [-0.3, -0.25) is 9.89 Å². The molecule has 1 amide bonds. The average molecular weight is 431 g/mol. The van der Waals surface area contributed by atoms with Crippen LogP contribution in [0.15, 0.2) is 31.0 Å². The van der Waals surface area contributed by atoms with E-state index in [4.69, 9.17) is 16.5 Å². The minimum atomic E-state index is -0.0854. The number of anilines is 2. The monoisotopic (exact) mass is 431 g/mol. The number of H-pyrrole nitrogens is 1. The van der Waals surface area contributed by atoms with Gasteiger partial charge in [0.2, 0.25) is 11.8 Å². The highest BCUT2D eigenvalue weighted by Gasteiger charge is 2.45. The van der Waals surface area contributed by atoms with Crippen molar-refractivity contribution in [2.45, 2.75) is 43.7 Å². The summed E-state index contributed by atoms with van der Waals surface area (Å²) >= 11 is 0. The maximum atomic E-state index is 12.9. The number of aromatic nitrogens is 8. The minimum absolute atomic E-state index is 0.0854.